The highest BCUT2D eigenvalue weighted by molar-refractivity contribution is 7.19. The molecule has 2 heterocycles. The van der Waals surface area contributed by atoms with Gasteiger partial charge in [-0.2, -0.15) is 0 Å². The van der Waals surface area contributed by atoms with E-state index in [0.717, 1.165) is 0 Å². The fraction of sp³-hybridized carbons (Fsp3) is 0.263. The van der Waals surface area contributed by atoms with Gasteiger partial charge in [-0.15, -0.1) is 22.7 Å². The van der Waals surface area contributed by atoms with Gasteiger partial charge >= 0.3 is 0 Å². The van der Waals surface area contributed by atoms with Crippen molar-refractivity contribution in [3.63, 3.8) is 0 Å². The summed E-state index contributed by atoms with van der Waals surface area (Å²) in [6.45, 7) is 18.6. The van der Waals surface area contributed by atoms with Gasteiger partial charge < -0.3 is 0 Å². The van der Waals surface area contributed by atoms with Gasteiger partial charge in [-0.3, -0.25) is 0 Å². The number of hydrogen-bond acceptors (Lipinski definition) is 2. The van der Waals surface area contributed by atoms with Gasteiger partial charge in [0.05, 0.1) is 0 Å². The molecule has 0 N–H and O–H groups in total. The Labute approximate surface area is 243 Å². The predicted octanol–water partition coefficient (Wildman–Crippen LogP) is 12.5. The van der Waals surface area contributed by atoms with E-state index in [9.17, 15) is 0 Å². The lowest BCUT2D eigenvalue weighted by Gasteiger charge is -2.26. The standard InChI is InChI=1S/C38H34S2/c1-19-13-27-31(39-19)11-9-23-25-15-22(38(6,7)8)18-30-34-24(10-12-32-28(34)14-20(2)40-32)26-16-21(37(3,4)5)17-29(33(23)27)35(26)36(25)30/h9-18H,1-8H3. The van der Waals surface area contributed by atoms with Crippen LogP contribution in [0.2, 0.25) is 0 Å². The van der Waals surface area contributed by atoms with E-state index in [1.165, 1.54) is 94.9 Å². The third kappa shape index (κ3) is 3.24. The third-order valence-electron chi connectivity index (χ3n) is 9.03. The van der Waals surface area contributed by atoms with Crippen molar-refractivity contribution < 1.29 is 0 Å². The number of hydrogen-bond donors (Lipinski definition) is 0. The van der Waals surface area contributed by atoms with Crippen LogP contribution in [0.15, 0.2) is 60.7 Å². The van der Waals surface area contributed by atoms with Crippen molar-refractivity contribution in [3.8, 4) is 0 Å². The monoisotopic (exact) mass is 554 g/mol. The van der Waals surface area contributed by atoms with Crippen LogP contribution >= 0.6 is 22.7 Å². The summed E-state index contributed by atoms with van der Waals surface area (Å²) in [5, 5.41) is 16.9. The van der Waals surface area contributed by atoms with Gasteiger partial charge in [0.1, 0.15) is 0 Å². The molecule has 0 saturated heterocycles. The van der Waals surface area contributed by atoms with Crippen LogP contribution in [0.4, 0.5) is 0 Å². The number of rotatable bonds is 0. The lowest BCUT2D eigenvalue weighted by atomic mass is 9.77. The SMILES string of the molecule is Cc1cc2c(ccc3c4cc(C(C)(C)C)cc5c6c7cc(C)sc7ccc6c6cc(C(C)(C)C)cc(c23)c6c45)s1. The molecule has 0 aliphatic carbocycles. The summed E-state index contributed by atoms with van der Waals surface area (Å²) in [5.74, 6) is 0. The van der Waals surface area contributed by atoms with Crippen molar-refractivity contribution >= 4 is 96.7 Å². The summed E-state index contributed by atoms with van der Waals surface area (Å²) in [7, 11) is 0. The van der Waals surface area contributed by atoms with E-state index in [0.29, 0.717) is 0 Å². The second-order valence-electron chi connectivity index (χ2n) is 13.9. The Bertz CT molecular complexity index is 2170. The van der Waals surface area contributed by atoms with Gasteiger partial charge in [0.25, 0.3) is 0 Å². The number of aryl methyl sites for hydroxylation is 2. The van der Waals surface area contributed by atoms with Gasteiger partial charge in [0.15, 0.2) is 0 Å². The Kier molecular flexibility index (Phi) is 4.76. The first-order chi connectivity index (χ1) is 18.9. The average molecular weight is 555 g/mol. The van der Waals surface area contributed by atoms with Crippen LogP contribution in [0, 0.1) is 13.8 Å². The normalized spacial score (nSPS) is 13.5. The summed E-state index contributed by atoms with van der Waals surface area (Å²) < 4.78 is 2.77. The summed E-state index contributed by atoms with van der Waals surface area (Å²) in [5.41, 5.74) is 2.90. The molecule has 8 aromatic rings. The molecule has 0 atom stereocenters. The van der Waals surface area contributed by atoms with Crippen LogP contribution in [0.25, 0.3) is 74.0 Å². The van der Waals surface area contributed by atoms with Crippen molar-refractivity contribution in [2.45, 2.75) is 66.2 Å². The Hall–Kier alpha value is -3.20. The summed E-state index contributed by atoms with van der Waals surface area (Å²) in [4.78, 5) is 2.75. The summed E-state index contributed by atoms with van der Waals surface area (Å²) in [6, 6.07) is 24.4. The lowest BCUT2D eigenvalue weighted by molar-refractivity contribution is 0.591. The quantitative estimate of drug-likeness (QED) is 0.129. The van der Waals surface area contributed by atoms with Crippen LogP contribution in [-0.2, 0) is 10.8 Å². The third-order valence-corrected chi connectivity index (χ3v) is 11.1. The maximum Gasteiger partial charge on any atom is 0.0352 e. The molecule has 0 nitrogen and oxygen atoms in total. The molecule has 198 valence electrons. The predicted molar refractivity (Wildman–Crippen MR) is 183 cm³/mol. The molecule has 0 radical (unpaired) electrons. The van der Waals surface area contributed by atoms with Crippen molar-refractivity contribution in [1.82, 2.24) is 0 Å². The zero-order valence-corrected chi connectivity index (χ0v) is 26.2. The Morgan fingerprint density at radius 3 is 1.15 bits per heavy atom. The largest absolute Gasteiger partial charge is 0.141 e. The molecule has 0 saturated carbocycles. The fourth-order valence-corrected chi connectivity index (χ4v) is 8.88. The summed E-state index contributed by atoms with van der Waals surface area (Å²) >= 11 is 3.83. The molecule has 8 rings (SSSR count). The molecule has 0 unspecified atom stereocenters. The maximum absolute atomic E-state index is 2.52. The number of benzene rings is 6. The minimum absolute atomic E-state index is 0.0457. The Morgan fingerprint density at radius 2 is 0.775 bits per heavy atom. The summed E-state index contributed by atoms with van der Waals surface area (Å²) in [6.07, 6.45) is 0. The molecule has 0 aliphatic rings. The first-order valence-corrected chi connectivity index (χ1v) is 16.0. The molecular formula is C38H34S2. The van der Waals surface area contributed by atoms with Gasteiger partial charge in [-0.1, -0.05) is 53.7 Å². The molecule has 6 aromatic carbocycles. The van der Waals surface area contributed by atoms with Gasteiger partial charge in [-0.05, 0) is 138 Å². The van der Waals surface area contributed by atoms with E-state index in [4.69, 9.17) is 0 Å². The van der Waals surface area contributed by atoms with E-state index in [1.807, 2.05) is 22.7 Å². The van der Waals surface area contributed by atoms with Crippen LogP contribution < -0.4 is 0 Å². The van der Waals surface area contributed by atoms with E-state index >= 15 is 0 Å². The number of thiophene rings is 2. The smallest absolute Gasteiger partial charge is 0.0352 e. The van der Waals surface area contributed by atoms with Crippen LogP contribution in [0.1, 0.15) is 62.4 Å². The average Bonchev–Trinajstić information content (AvgIpc) is 3.46. The minimum Gasteiger partial charge on any atom is -0.141 e. The zero-order valence-electron chi connectivity index (χ0n) is 24.6. The molecule has 40 heavy (non-hydrogen) atoms. The van der Waals surface area contributed by atoms with Gasteiger partial charge in [0.2, 0.25) is 0 Å². The highest BCUT2D eigenvalue weighted by atomic mass is 32.1. The first-order valence-electron chi connectivity index (χ1n) is 14.4. The Morgan fingerprint density at radius 1 is 0.400 bits per heavy atom. The van der Waals surface area contributed by atoms with Crippen molar-refractivity contribution in [1.29, 1.82) is 0 Å². The van der Waals surface area contributed by atoms with Gasteiger partial charge in [0, 0.05) is 29.9 Å². The van der Waals surface area contributed by atoms with Crippen molar-refractivity contribution in [2.24, 2.45) is 0 Å². The van der Waals surface area contributed by atoms with Crippen LogP contribution in [-0.4, -0.2) is 0 Å². The second kappa shape index (κ2) is 7.75. The molecule has 0 fully saturated rings. The molecule has 0 amide bonds. The number of fused-ring (bicyclic) bond motifs is 10. The van der Waals surface area contributed by atoms with Crippen LogP contribution in [0.3, 0.4) is 0 Å². The fourth-order valence-electron chi connectivity index (χ4n) is 7.02. The van der Waals surface area contributed by atoms with Crippen molar-refractivity contribution in [3.05, 3.63) is 81.5 Å². The van der Waals surface area contributed by atoms with E-state index < -0.39 is 0 Å². The highest BCUT2D eigenvalue weighted by Crippen LogP contribution is 2.51. The first kappa shape index (κ1) is 24.6. The van der Waals surface area contributed by atoms with E-state index in [1.54, 1.807) is 0 Å². The molecule has 0 bridgehead atoms. The van der Waals surface area contributed by atoms with Crippen LogP contribution in [0.5, 0.6) is 0 Å². The van der Waals surface area contributed by atoms with E-state index in [2.05, 4.69) is 116 Å². The Balaban J connectivity index is 1.80. The molecule has 2 aromatic heterocycles. The highest BCUT2D eigenvalue weighted by Gasteiger charge is 2.25. The molecule has 0 aliphatic heterocycles. The molecule has 0 spiro atoms. The second-order valence-corrected chi connectivity index (χ2v) is 16.5. The zero-order chi connectivity index (χ0) is 27.9. The maximum atomic E-state index is 2.52. The minimum atomic E-state index is 0.0457. The topological polar surface area (TPSA) is 0 Å². The van der Waals surface area contributed by atoms with E-state index in [-0.39, 0.29) is 10.8 Å². The molecular weight excluding hydrogens is 521 g/mol. The molecule has 2 heteroatoms. The van der Waals surface area contributed by atoms with Gasteiger partial charge in [-0.25, -0.2) is 0 Å². The lowest BCUT2D eigenvalue weighted by Crippen LogP contribution is -2.12. The van der Waals surface area contributed by atoms with Crippen molar-refractivity contribution in [2.75, 3.05) is 0 Å².